The van der Waals surface area contributed by atoms with Crippen LogP contribution in [0.15, 0.2) is 58.4 Å². The van der Waals surface area contributed by atoms with Gasteiger partial charge in [0.1, 0.15) is 5.75 Å². The Balaban J connectivity index is 1.79. The van der Waals surface area contributed by atoms with Crippen LogP contribution in [-0.2, 0) is 16.4 Å². The molecule has 158 valence electrons. The number of sulfone groups is 1. The zero-order chi connectivity index (χ0) is 21.1. The van der Waals surface area contributed by atoms with Crippen molar-refractivity contribution in [3.8, 4) is 5.75 Å². The minimum atomic E-state index is -3.20. The molecule has 7 heteroatoms. The van der Waals surface area contributed by atoms with Crippen LogP contribution in [0.25, 0.3) is 0 Å². The molecule has 0 atom stereocenters. The van der Waals surface area contributed by atoms with E-state index in [0.717, 1.165) is 48.8 Å². The Bertz CT molecular complexity index is 897. The fourth-order valence-corrected chi connectivity index (χ4v) is 3.84. The Morgan fingerprint density at radius 2 is 1.83 bits per heavy atom. The van der Waals surface area contributed by atoms with Gasteiger partial charge in [0.15, 0.2) is 15.8 Å². The second kappa shape index (κ2) is 11.5. The molecule has 6 nitrogen and oxygen atoms in total. The summed E-state index contributed by atoms with van der Waals surface area (Å²) in [5.41, 5.74) is 1.72. The van der Waals surface area contributed by atoms with Crippen molar-refractivity contribution in [1.82, 2.24) is 10.6 Å². The number of nitrogens with zero attached hydrogens (tertiary/aromatic N) is 1. The van der Waals surface area contributed by atoms with E-state index in [1.165, 1.54) is 6.26 Å². The molecule has 0 bridgehead atoms. The van der Waals surface area contributed by atoms with E-state index in [1.54, 1.807) is 6.07 Å². The summed E-state index contributed by atoms with van der Waals surface area (Å²) >= 11 is 0. The minimum absolute atomic E-state index is 0.369. The summed E-state index contributed by atoms with van der Waals surface area (Å²) < 4.78 is 29.2. The lowest BCUT2D eigenvalue weighted by Crippen LogP contribution is -2.37. The number of benzene rings is 2. The molecule has 0 radical (unpaired) electrons. The first-order chi connectivity index (χ1) is 13.9. The van der Waals surface area contributed by atoms with E-state index in [0.29, 0.717) is 18.0 Å². The highest BCUT2D eigenvalue weighted by Gasteiger charge is 2.10. The van der Waals surface area contributed by atoms with Crippen molar-refractivity contribution < 1.29 is 13.2 Å². The number of hydrogen-bond donors (Lipinski definition) is 2. The second-order valence-electron chi connectivity index (χ2n) is 6.86. The molecule has 0 unspecified atom stereocenters. The summed E-state index contributed by atoms with van der Waals surface area (Å²) in [5, 5.41) is 6.56. The number of para-hydroxylation sites is 1. The largest absolute Gasteiger partial charge is 0.494 e. The van der Waals surface area contributed by atoms with Crippen molar-refractivity contribution in [1.29, 1.82) is 0 Å². The van der Waals surface area contributed by atoms with Gasteiger partial charge in [0.2, 0.25) is 0 Å². The highest BCUT2D eigenvalue weighted by atomic mass is 32.2. The van der Waals surface area contributed by atoms with E-state index in [9.17, 15) is 8.42 Å². The van der Waals surface area contributed by atoms with Crippen molar-refractivity contribution in [2.75, 3.05) is 26.0 Å². The third kappa shape index (κ3) is 8.15. The number of hydrogen-bond acceptors (Lipinski definition) is 4. The lowest BCUT2D eigenvalue weighted by Gasteiger charge is -2.12. The molecular weight excluding hydrogens is 386 g/mol. The van der Waals surface area contributed by atoms with Crippen LogP contribution in [-0.4, -0.2) is 40.3 Å². The van der Waals surface area contributed by atoms with Crippen molar-refractivity contribution in [3.63, 3.8) is 0 Å². The van der Waals surface area contributed by atoms with Gasteiger partial charge in [0, 0.05) is 19.3 Å². The van der Waals surface area contributed by atoms with Crippen molar-refractivity contribution >= 4 is 15.8 Å². The highest BCUT2D eigenvalue weighted by molar-refractivity contribution is 7.90. The molecule has 2 rings (SSSR count). The lowest BCUT2D eigenvalue weighted by atomic mass is 10.1. The molecule has 0 fully saturated rings. The first-order valence-corrected chi connectivity index (χ1v) is 11.8. The van der Waals surface area contributed by atoms with Gasteiger partial charge in [0.05, 0.1) is 18.0 Å². The molecule has 0 saturated heterocycles. The van der Waals surface area contributed by atoms with E-state index in [4.69, 9.17) is 4.74 Å². The molecule has 0 spiro atoms. The predicted molar refractivity (Wildman–Crippen MR) is 118 cm³/mol. The number of aliphatic imine (C=N–C) groups is 1. The normalized spacial score (nSPS) is 11.9. The molecule has 0 aliphatic heterocycles. The SMILES string of the molecule is CCNC(=NCc1ccc(S(C)(=O)=O)c(C)c1)NCCCCOc1ccccc1. The van der Waals surface area contributed by atoms with Gasteiger partial charge in [-0.25, -0.2) is 13.4 Å². The summed E-state index contributed by atoms with van der Waals surface area (Å²) in [6.07, 6.45) is 3.15. The van der Waals surface area contributed by atoms with Gasteiger partial charge in [-0.2, -0.15) is 0 Å². The summed E-state index contributed by atoms with van der Waals surface area (Å²) in [7, 11) is -3.20. The maximum absolute atomic E-state index is 11.7. The van der Waals surface area contributed by atoms with Gasteiger partial charge < -0.3 is 15.4 Å². The van der Waals surface area contributed by atoms with Crippen molar-refractivity contribution in [2.24, 2.45) is 4.99 Å². The molecular formula is C22H31N3O3S. The molecule has 29 heavy (non-hydrogen) atoms. The zero-order valence-corrected chi connectivity index (χ0v) is 18.3. The fourth-order valence-electron chi connectivity index (χ4n) is 2.88. The Morgan fingerprint density at radius 3 is 2.48 bits per heavy atom. The molecule has 0 aliphatic carbocycles. The number of nitrogens with one attached hydrogen (secondary N) is 2. The standard InChI is InChI=1S/C22H31N3O3S/c1-4-23-22(24-14-8-9-15-28-20-10-6-5-7-11-20)25-17-19-12-13-21(18(2)16-19)29(3,26)27/h5-7,10-13,16H,4,8-9,14-15,17H2,1-3H3,(H2,23,24,25). The molecule has 2 aromatic carbocycles. The summed E-state index contributed by atoms with van der Waals surface area (Å²) in [4.78, 5) is 4.96. The predicted octanol–water partition coefficient (Wildman–Crippen LogP) is 3.31. The second-order valence-corrected chi connectivity index (χ2v) is 8.85. The van der Waals surface area contributed by atoms with E-state index in [-0.39, 0.29) is 0 Å². The number of guanidine groups is 1. The van der Waals surface area contributed by atoms with Crippen LogP contribution >= 0.6 is 0 Å². The Morgan fingerprint density at radius 1 is 1.07 bits per heavy atom. The Labute approximate surface area is 174 Å². The van der Waals surface area contributed by atoms with Gasteiger partial charge in [-0.05, 0) is 56.0 Å². The number of aryl methyl sites for hydroxylation is 1. The molecule has 0 amide bonds. The van der Waals surface area contributed by atoms with Gasteiger partial charge in [-0.1, -0.05) is 30.3 Å². The van der Waals surface area contributed by atoms with Gasteiger partial charge in [-0.3, -0.25) is 0 Å². The zero-order valence-electron chi connectivity index (χ0n) is 17.4. The summed E-state index contributed by atoms with van der Waals surface area (Å²) in [5.74, 6) is 1.65. The van der Waals surface area contributed by atoms with Crippen LogP contribution in [0.5, 0.6) is 5.75 Å². The van der Waals surface area contributed by atoms with Crippen molar-refractivity contribution in [3.05, 3.63) is 59.7 Å². The monoisotopic (exact) mass is 417 g/mol. The molecule has 0 heterocycles. The van der Waals surface area contributed by atoms with E-state index in [2.05, 4.69) is 15.6 Å². The fraction of sp³-hybridized carbons (Fsp3) is 0.409. The quantitative estimate of drug-likeness (QED) is 0.352. The minimum Gasteiger partial charge on any atom is -0.494 e. The third-order valence-corrected chi connectivity index (χ3v) is 5.54. The van der Waals surface area contributed by atoms with Crippen LogP contribution in [0, 0.1) is 6.92 Å². The number of unbranched alkanes of at least 4 members (excludes halogenated alkanes) is 1. The lowest BCUT2D eigenvalue weighted by molar-refractivity contribution is 0.307. The van der Waals surface area contributed by atoms with E-state index in [1.807, 2.05) is 56.3 Å². The Hall–Kier alpha value is -2.54. The molecule has 2 aromatic rings. The highest BCUT2D eigenvalue weighted by Crippen LogP contribution is 2.17. The molecule has 0 aromatic heterocycles. The number of rotatable bonds is 10. The van der Waals surface area contributed by atoms with Crippen LogP contribution in [0.4, 0.5) is 0 Å². The van der Waals surface area contributed by atoms with E-state index < -0.39 is 9.84 Å². The Kier molecular flexibility index (Phi) is 8.99. The summed E-state index contributed by atoms with van der Waals surface area (Å²) in [6.45, 7) is 6.58. The van der Waals surface area contributed by atoms with Gasteiger partial charge in [0.25, 0.3) is 0 Å². The van der Waals surface area contributed by atoms with Crippen molar-refractivity contribution in [2.45, 2.75) is 38.1 Å². The van der Waals surface area contributed by atoms with Crippen LogP contribution < -0.4 is 15.4 Å². The molecule has 0 aliphatic rings. The first-order valence-electron chi connectivity index (χ1n) is 9.89. The molecule has 2 N–H and O–H groups in total. The van der Waals surface area contributed by atoms with Crippen LogP contribution in [0.3, 0.4) is 0 Å². The average Bonchev–Trinajstić information content (AvgIpc) is 2.68. The topological polar surface area (TPSA) is 79.8 Å². The summed E-state index contributed by atoms with van der Waals surface area (Å²) in [6, 6.07) is 15.2. The van der Waals surface area contributed by atoms with Gasteiger partial charge >= 0.3 is 0 Å². The maximum Gasteiger partial charge on any atom is 0.191 e. The van der Waals surface area contributed by atoms with Crippen LogP contribution in [0.2, 0.25) is 0 Å². The smallest absolute Gasteiger partial charge is 0.191 e. The first kappa shape index (κ1) is 22.7. The molecule has 0 saturated carbocycles. The number of ether oxygens (including phenoxy) is 1. The van der Waals surface area contributed by atoms with Crippen LogP contribution in [0.1, 0.15) is 30.9 Å². The van der Waals surface area contributed by atoms with E-state index >= 15 is 0 Å². The van der Waals surface area contributed by atoms with Gasteiger partial charge in [-0.15, -0.1) is 0 Å². The average molecular weight is 418 g/mol. The third-order valence-electron chi connectivity index (χ3n) is 4.28. The maximum atomic E-state index is 11.7.